The highest BCUT2D eigenvalue weighted by Crippen LogP contribution is 2.27. The van der Waals surface area contributed by atoms with Crippen LogP contribution < -0.4 is 5.32 Å². The summed E-state index contributed by atoms with van der Waals surface area (Å²) < 4.78 is 19.7. The SMILES string of the molecule is CC(NCC1(CO)COC1)c1cc(Br)ccc1F. The van der Waals surface area contributed by atoms with E-state index in [0.717, 1.165) is 4.47 Å². The van der Waals surface area contributed by atoms with Crippen LogP contribution in [0, 0.1) is 11.2 Å². The van der Waals surface area contributed by atoms with E-state index >= 15 is 0 Å². The minimum atomic E-state index is -0.221. The number of aliphatic hydroxyl groups is 1. The molecule has 1 heterocycles. The Bertz CT molecular complexity index is 418. The lowest BCUT2D eigenvalue weighted by molar-refractivity contribution is -0.135. The van der Waals surface area contributed by atoms with Gasteiger partial charge in [-0.3, -0.25) is 0 Å². The Labute approximate surface area is 114 Å². The second-order valence-electron chi connectivity index (χ2n) is 4.92. The Hall–Kier alpha value is -0.490. The lowest BCUT2D eigenvalue weighted by Gasteiger charge is -2.40. The van der Waals surface area contributed by atoms with E-state index in [9.17, 15) is 9.50 Å². The lowest BCUT2D eigenvalue weighted by Crippen LogP contribution is -2.52. The van der Waals surface area contributed by atoms with E-state index in [1.54, 1.807) is 12.1 Å². The molecule has 0 bridgehead atoms. The second-order valence-corrected chi connectivity index (χ2v) is 5.84. The van der Waals surface area contributed by atoms with E-state index < -0.39 is 0 Å². The van der Waals surface area contributed by atoms with Crippen molar-refractivity contribution >= 4 is 15.9 Å². The van der Waals surface area contributed by atoms with E-state index in [1.165, 1.54) is 6.07 Å². The standard InChI is InChI=1S/C13H17BrFNO2/c1-9(11-4-10(14)2-3-12(11)15)16-5-13(6-17)7-18-8-13/h2-4,9,16-17H,5-8H2,1H3. The first kappa shape index (κ1) is 13.9. The highest BCUT2D eigenvalue weighted by molar-refractivity contribution is 9.10. The predicted molar refractivity (Wildman–Crippen MR) is 70.9 cm³/mol. The highest BCUT2D eigenvalue weighted by atomic mass is 79.9. The van der Waals surface area contributed by atoms with Crippen LogP contribution in [0.5, 0.6) is 0 Å². The number of aliphatic hydroxyl groups excluding tert-OH is 1. The normalized spacial score (nSPS) is 19.3. The molecule has 1 aliphatic rings. The fourth-order valence-corrected chi connectivity index (χ4v) is 2.34. The molecule has 1 aliphatic heterocycles. The third kappa shape index (κ3) is 2.91. The van der Waals surface area contributed by atoms with Gasteiger partial charge in [-0.2, -0.15) is 0 Å². The van der Waals surface area contributed by atoms with E-state index in [-0.39, 0.29) is 23.9 Å². The van der Waals surface area contributed by atoms with Crippen LogP contribution >= 0.6 is 15.9 Å². The number of hydrogen-bond donors (Lipinski definition) is 2. The average Bonchev–Trinajstić information content (AvgIpc) is 2.31. The average molecular weight is 318 g/mol. The largest absolute Gasteiger partial charge is 0.396 e. The Balaban J connectivity index is 1.99. The second kappa shape index (κ2) is 5.65. The lowest BCUT2D eigenvalue weighted by atomic mass is 9.86. The summed E-state index contributed by atoms with van der Waals surface area (Å²) in [5.41, 5.74) is 0.425. The van der Waals surface area contributed by atoms with E-state index in [2.05, 4.69) is 21.2 Å². The molecule has 18 heavy (non-hydrogen) atoms. The molecule has 1 unspecified atom stereocenters. The van der Waals surface area contributed by atoms with Gasteiger partial charge >= 0.3 is 0 Å². The smallest absolute Gasteiger partial charge is 0.128 e. The van der Waals surface area contributed by atoms with Crippen LogP contribution in [0.2, 0.25) is 0 Å². The third-order valence-electron chi connectivity index (χ3n) is 3.36. The molecule has 0 saturated carbocycles. The molecule has 1 aromatic rings. The maximum absolute atomic E-state index is 13.7. The molecule has 1 fully saturated rings. The monoisotopic (exact) mass is 317 g/mol. The van der Waals surface area contributed by atoms with Gasteiger partial charge in [-0.05, 0) is 25.1 Å². The van der Waals surface area contributed by atoms with Gasteiger partial charge in [-0.25, -0.2) is 4.39 Å². The van der Waals surface area contributed by atoms with E-state index in [1.807, 2.05) is 6.92 Å². The zero-order valence-corrected chi connectivity index (χ0v) is 11.8. The van der Waals surface area contributed by atoms with Crippen LogP contribution in [0.15, 0.2) is 22.7 Å². The van der Waals surface area contributed by atoms with Gasteiger partial charge < -0.3 is 15.2 Å². The summed E-state index contributed by atoms with van der Waals surface area (Å²) in [6.45, 7) is 3.74. The minimum Gasteiger partial charge on any atom is -0.396 e. The Morgan fingerprint density at radius 1 is 1.56 bits per heavy atom. The molecule has 2 rings (SSSR count). The summed E-state index contributed by atoms with van der Waals surface area (Å²) in [7, 11) is 0. The maximum Gasteiger partial charge on any atom is 0.128 e. The third-order valence-corrected chi connectivity index (χ3v) is 3.85. The van der Waals surface area contributed by atoms with Crippen molar-refractivity contribution in [3.8, 4) is 0 Å². The summed E-state index contributed by atoms with van der Waals surface area (Å²) in [5, 5.41) is 12.6. The Morgan fingerprint density at radius 3 is 2.83 bits per heavy atom. The number of ether oxygens (including phenoxy) is 1. The molecule has 1 saturated heterocycles. The molecule has 100 valence electrons. The first-order chi connectivity index (χ1) is 8.56. The number of nitrogens with one attached hydrogen (secondary N) is 1. The highest BCUT2D eigenvalue weighted by Gasteiger charge is 2.38. The molecule has 1 atom stereocenters. The van der Waals surface area contributed by atoms with Gasteiger partial charge in [0.25, 0.3) is 0 Å². The van der Waals surface area contributed by atoms with Gasteiger partial charge in [-0.15, -0.1) is 0 Å². The van der Waals surface area contributed by atoms with Gasteiger partial charge in [0.15, 0.2) is 0 Å². The van der Waals surface area contributed by atoms with Crippen molar-refractivity contribution < 1.29 is 14.2 Å². The first-order valence-corrected chi connectivity index (χ1v) is 6.73. The molecular formula is C13H17BrFNO2. The number of rotatable bonds is 5. The van der Waals surface area contributed by atoms with Crippen LogP contribution in [-0.4, -0.2) is 31.5 Å². The number of halogens is 2. The summed E-state index contributed by atoms with van der Waals surface area (Å²) in [5.74, 6) is -0.221. The number of benzene rings is 1. The van der Waals surface area contributed by atoms with Crippen LogP contribution in [0.3, 0.4) is 0 Å². The fraction of sp³-hybridized carbons (Fsp3) is 0.538. The van der Waals surface area contributed by atoms with Gasteiger partial charge in [0.1, 0.15) is 5.82 Å². The summed E-state index contributed by atoms with van der Waals surface area (Å²) in [6, 6.07) is 4.80. The summed E-state index contributed by atoms with van der Waals surface area (Å²) >= 11 is 3.34. The van der Waals surface area contributed by atoms with Gasteiger partial charge in [0.05, 0.1) is 25.2 Å². The molecular weight excluding hydrogens is 301 g/mol. The molecule has 0 amide bonds. The number of hydrogen-bond acceptors (Lipinski definition) is 3. The Morgan fingerprint density at radius 2 is 2.28 bits per heavy atom. The van der Waals surface area contributed by atoms with Gasteiger partial charge in [0.2, 0.25) is 0 Å². The fourth-order valence-electron chi connectivity index (χ4n) is 1.97. The molecule has 5 heteroatoms. The molecule has 3 nitrogen and oxygen atoms in total. The van der Waals surface area contributed by atoms with Crippen molar-refractivity contribution in [2.75, 3.05) is 26.4 Å². The first-order valence-electron chi connectivity index (χ1n) is 5.93. The topological polar surface area (TPSA) is 41.5 Å². The zero-order chi connectivity index (χ0) is 13.2. The van der Waals surface area contributed by atoms with Gasteiger partial charge in [0, 0.05) is 22.6 Å². The molecule has 0 spiro atoms. The van der Waals surface area contributed by atoms with Crippen LogP contribution in [0.1, 0.15) is 18.5 Å². The van der Waals surface area contributed by atoms with Crippen molar-refractivity contribution in [2.24, 2.45) is 5.41 Å². The van der Waals surface area contributed by atoms with Gasteiger partial charge in [-0.1, -0.05) is 15.9 Å². The van der Waals surface area contributed by atoms with E-state index in [0.29, 0.717) is 25.3 Å². The van der Waals surface area contributed by atoms with Crippen LogP contribution in [0.25, 0.3) is 0 Å². The molecule has 0 radical (unpaired) electrons. The molecule has 0 aromatic heterocycles. The van der Waals surface area contributed by atoms with E-state index in [4.69, 9.17) is 4.74 Å². The minimum absolute atomic E-state index is 0.0910. The van der Waals surface area contributed by atoms with Crippen molar-refractivity contribution in [3.63, 3.8) is 0 Å². The van der Waals surface area contributed by atoms with Crippen molar-refractivity contribution in [1.29, 1.82) is 0 Å². The molecule has 0 aliphatic carbocycles. The van der Waals surface area contributed by atoms with Crippen LogP contribution in [0.4, 0.5) is 4.39 Å². The van der Waals surface area contributed by atoms with Crippen molar-refractivity contribution in [2.45, 2.75) is 13.0 Å². The maximum atomic E-state index is 13.7. The predicted octanol–water partition coefficient (Wildman–Crippen LogP) is 2.25. The Kier molecular flexibility index (Phi) is 4.37. The zero-order valence-electron chi connectivity index (χ0n) is 10.2. The quantitative estimate of drug-likeness (QED) is 0.875. The van der Waals surface area contributed by atoms with Crippen LogP contribution in [-0.2, 0) is 4.74 Å². The molecule has 2 N–H and O–H groups in total. The van der Waals surface area contributed by atoms with Crippen molar-refractivity contribution in [3.05, 3.63) is 34.1 Å². The summed E-state index contributed by atoms with van der Waals surface area (Å²) in [4.78, 5) is 0. The molecule has 1 aromatic carbocycles. The van der Waals surface area contributed by atoms with Crippen molar-refractivity contribution in [1.82, 2.24) is 5.32 Å². The summed E-state index contributed by atoms with van der Waals surface area (Å²) in [6.07, 6.45) is 0.